The van der Waals surface area contributed by atoms with Crippen LogP contribution < -0.4 is 15.7 Å². The van der Waals surface area contributed by atoms with E-state index in [1.165, 1.54) is 6.08 Å². The normalized spacial score (nSPS) is 16.8. The Bertz CT molecular complexity index is 1710. The topological polar surface area (TPSA) is 167 Å². The molecule has 0 spiro atoms. The lowest BCUT2D eigenvalue weighted by Gasteiger charge is -2.08. The summed E-state index contributed by atoms with van der Waals surface area (Å²) in [5.74, 6) is -2.55. The van der Waals surface area contributed by atoms with E-state index in [2.05, 4.69) is 33.8 Å². The van der Waals surface area contributed by atoms with Crippen molar-refractivity contribution < 1.29 is 29.4 Å². The number of carbonyl (C=O) groups excluding carboxylic acids is 3. The largest absolute Gasteiger partial charge is 0.550 e. The molecule has 0 saturated carbocycles. The molecule has 2 aromatic heterocycles. The molecular formula is C33H35N4O6-. The van der Waals surface area contributed by atoms with Crippen LogP contribution >= 0.6 is 0 Å². The van der Waals surface area contributed by atoms with Crippen molar-refractivity contribution in [2.75, 3.05) is 0 Å². The monoisotopic (exact) mass is 583 g/mol. The van der Waals surface area contributed by atoms with Crippen LogP contribution in [0.5, 0.6) is 0 Å². The summed E-state index contributed by atoms with van der Waals surface area (Å²) < 4.78 is 0. The van der Waals surface area contributed by atoms with Gasteiger partial charge in [-0.1, -0.05) is 25.3 Å². The molecule has 0 fully saturated rings. The summed E-state index contributed by atoms with van der Waals surface area (Å²) >= 11 is 0. The Morgan fingerprint density at radius 1 is 0.767 bits per heavy atom. The van der Waals surface area contributed by atoms with Crippen LogP contribution in [0.15, 0.2) is 59.0 Å². The van der Waals surface area contributed by atoms with Crippen LogP contribution in [0.4, 0.5) is 0 Å². The number of H-pyrrole nitrogens is 2. The Kier molecular flexibility index (Phi) is 8.89. The summed E-state index contributed by atoms with van der Waals surface area (Å²) in [7, 11) is 0. The lowest BCUT2D eigenvalue weighted by molar-refractivity contribution is -0.305. The Morgan fingerprint density at radius 3 is 1.77 bits per heavy atom. The molecule has 0 unspecified atom stereocenters. The molecule has 43 heavy (non-hydrogen) atoms. The van der Waals surface area contributed by atoms with Crippen LogP contribution in [0.1, 0.15) is 71.7 Å². The smallest absolute Gasteiger partial charge is 0.303 e. The Labute approximate surface area is 249 Å². The third kappa shape index (κ3) is 6.23. The van der Waals surface area contributed by atoms with Gasteiger partial charge in [0.15, 0.2) is 0 Å². The summed E-state index contributed by atoms with van der Waals surface area (Å²) in [4.78, 5) is 54.4. The second-order valence-electron chi connectivity index (χ2n) is 10.7. The maximum Gasteiger partial charge on any atom is 0.303 e. The van der Waals surface area contributed by atoms with Gasteiger partial charge in [-0.2, -0.15) is 0 Å². The molecular weight excluding hydrogens is 548 g/mol. The second-order valence-corrected chi connectivity index (χ2v) is 10.7. The van der Waals surface area contributed by atoms with Gasteiger partial charge in [0, 0.05) is 64.0 Å². The number of aromatic amines is 2. The first kappa shape index (κ1) is 30.8. The van der Waals surface area contributed by atoms with Crippen LogP contribution in [0.3, 0.4) is 0 Å². The first-order valence-corrected chi connectivity index (χ1v) is 13.9. The number of aromatic nitrogens is 2. The number of aliphatic carboxylic acids is 2. The summed E-state index contributed by atoms with van der Waals surface area (Å²) in [6.45, 7) is 14.9. The van der Waals surface area contributed by atoms with Crippen molar-refractivity contribution in [2.45, 2.75) is 59.8 Å². The number of hydrogen-bond acceptors (Lipinski definition) is 5. The fraction of sp³-hybridized carbons (Fsp3) is 0.273. The maximum absolute atomic E-state index is 12.3. The summed E-state index contributed by atoms with van der Waals surface area (Å²) in [5, 5.41) is 26.5. The first-order valence-electron chi connectivity index (χ1n) is 13.9. The minimum Gasteiger partial charge on any atom is -0.550 e. The molecule has 2 aliphatic heterocycles. The van der Waals surface area contributed by atoms with Crippen LogP contribution in [0, 0.1) is 13.8 Å². The average molecular weight is 584 g/mol. The van der Waals surface area contributed by atoms with Gasteiger partial charge < -0.3 is 35.6 Å². The molecule has 0 aromatic carbocycles. The second kappa shape index (κ2) is 12.4. The predicted octanol–water partition coefficient (Wildman–Crippen LogP) is 3.20. The van der Waals surface area contributed by atoms with Gasteiger partial charge in [0.1, 0.15) is 0 Å². The molecule has 2 aliphatic rings. The highest BCUT2D eigenvalue weighted by molar-refractivity contribution is 6.03. The quantitative estimate of drug-likeness (QED) is 0.257. The lowest BCUT2D eigenvalue weighted by atomic mass is 9.98. The van der Waals surface area contributed by atoms with Crippen LogP contribution in [-0.2, 0) is 38.4 Å². The maximum atomic E-state index is 12.3. The number of amides is 2. The molecule has 0 radical (unpaired) electrons. The van der Waals surface area contributed by atoms with Gasteiger partial charge in [-0.15, -0.1) is 0 Å². The van der Waals surface area contributed by atoms with Crippen molar-refractivity contribution in [2.24, 2.45) is 0 Å². The van der Waals surface area contributed by atoms with Crippen LogP contribution in [-0.4, -0.2) is 38.8 Å². The number of allylic oxidation sites excluding steroid dienone is 2. The van der Waals surface area contributed by atoms with E-state index in [-0.39, 0.29) is 37.5 Å². The van der Waals surface area contributed by atoms with E-state index in [1.54, 1.807) is 13.0 Å². The molecule has 5 N–H and O–H groups in total. The first-order chi connectivity index (χ1) is 20.4. The van der Waals surface area contributed by atoms with Crippen molar-refractivity contribution >= 4 is 35.9 Å². The zero-order valence-corrected chi connectivity index (χ0v) is 24.7. The zero-order valence-electron chi connectivity index (χ0n) is 24.7. The zero-order chi connectivity index (χ0) is 31.6. The van der Waals surface area contributed by atoms with Crippen LogP contribution in [0.25, 0.3) is 12.2 Å². The molecule has 224 valence electrons. The summed E-state index contributed by atoms with van der Waals surface area (Å²) in [6.07, 6.45) is 7.34. The number of hydrogen-bond donors (Lipinski definition) is 5. The van der Waals surface area contributed by atoms with Crippen LogP contribution in [0.2, 0.25) is 0 Å². The molecule has 2 aromatic rings. The molecule has 4 rings (SSSR count). The van der Waals surface area contributed by atoms with E-state index >= 15 is 0 Å². The molecule has 2 amide bonds. The SMILES string of the molecule is C=CC1=C(C)/C(=C/c2[nH]c(Cc3[nH]c(/C=C4\NC(=O)C(C)=C4C=C)c(C)c3CCC(=O)[O-])c(CCC(=O)O)c2C)NC1=O. The van der Waals surface area contributed by atoms with E-state index in [9.17, 15) is 29.4 Å². The van der Waals surface area contributed by atoms with E-state index in [0.29, 0.717) is 40.2 Å². The van der Waals surface area contributed by atoms with Gasteiger partial charge in [0.2, 0.25) is 0 Å². The number of rotatable bonds is 12. The molecule has 0 saturated heterocycles. The molecule has 10 heteroatoms. The lowest BCUT2D eigenvalue weighted by Crippen LogP contribution is -2.22. The van der Waals surface area contributed by atoms with E-state index in [1.807, 2.05) is 32.9 Å². The Hall–Kier alpha value is -5.12. The standard InChI is InChI=1S/C33H36N4O6/c1-7-20-19(6)32(42)37-27(20)14-25-18(5)23(10-12-31(40)41)29(35-25)15-28-22(9-11-30(38)39)17(4)24(34-28)13-26-16(3)21(8-2)33(43)36-26/h7-8,13-14,34-35H,1-2,9-12,15H2,3-6H3,(H,36,43)(H,37,42)(H,38,39)(H,40,41)/p-1/b26-13-,27-14-. The summed E-state index contributed by atoms with van der Waals surface area (Å²) in [6, 6.07) is 0. The molecule has 0 bridgehead atoms. The van der Waals surface area contributed by atoms with E-state index in [4.69, 9.17) is 0 Å². The van der Waals surface area contributed by atoms with Gasteiger partial charge in [-0.3, -0.25) is 14.4 Å². The van der Waals surface area contributed by atoms with Gasteiger partial charge in [0.25, 0.3) is 11.8 Å². The van der Waals surface area contributed by atoms with Crippen molar-refractivity contribution in [3.63, 3.8) is 0 Å². The molecule has 4 heterocycles. The molecule has 10 nitrogen and oxygen atoms in total. The van der Waals surface area contributed by atoms with Crippen molar-refractivity contribution in [1.82, 2.24) is 20.6 Å². The highest BCUT2D eigenvalue weighted by Crippen LogP contribution is 2.31. The highest BCUT2D eigenvalue weighted by atomic mass is 16.4. The highest BCUT2D eigenvalue weighted by Gasteiger charge is 2.25. The van der Waals surface area contributed by atoms with Crippen molar-refractivity contribution in [3.8, 4) is 0 Å². The van der Waals surface area contributed by atoms with Gasteiger partial charge in [0.05, 0.1) is 5.70 Å². The van der Waals surface area contributed by atoms with E-state index in [0.717, 1.165) is 44.9 Å². The van der Waals surface area contributed by atoms with Crippen molar-refractivity contribution in [3.05, 3.63) is 104 Å². The Balaban J connectivity index is 1.80. The number of carbonyl (C=O) groups is 4. The predicted molar refractivity (Wildman–Crippen MR) is 161 cm³/mol. The number of nitrogens with one attached hydrogen (secondary N) is 4. The van der Waals surface area contributed by atoms with Gasteiger partial charge in [-0.05, 0) is 86.9 Å². The fourth-order valence-electron chi connectivity index (χ4n) is 5.61. The minimum absolute atomic E-state index is 0.0770. The van der Waals surface area contributed by atoms with Gasteiger partial charge >= 0.3 is 5.97 Å². The average Bonchev–Trinajstić information content (AvgIpc) is 3.59. The molecule has 0 aliphatic carbocycles. The van der Waals surface area contributed by atoms with E-state index < -0.39 is 11.9 Å². The van der Waals surface area contributed by atoms with Gasteiger partial charge in [-0.25, -0.2) is 0 Å². The third-order valence-electron chi connectivity index (χ3n) is 8.10. The number of carboxylic acids is 2. The third-order valence-corrected chi connectivity index (χ3v) is 8.10. The summed E-state index contributed by atoms with van der Waals surface area (Å²) in [5.41, 5.74) is 9.97. The molecule has 0 atom stereocenters. The van der Waals surface area contributed by atoms with Crippen molar-refractivity contribution in [1.29, 1.82) is 0 Å². The number of carboxylic acid groups (broad SMARTS) is 2. The fourth-order valence-corrected chi connectivity index (χ4v) is 5.61. The Morgan fingerprint density at radius 2 is 1.28 bits per heavy atom. The minimum atomic E-state index is -1.17.